The first kappa shape index (κ1) is 26.3. The van der Waals surface area contributed by atoms with Crippen molar-refractivity contribution in [3.8, 4) is 11.5 Å². The van der Waals surface area contributed by atoms with Crippen molar-refractivity contribution in [2.75, 3.05) is 20.8 Å². The van der Waals surface area contributed by atoms with Crippen LogP contribution in [0.2, 0.25) is 0 Å². The van der Waals surface area contributed by atoms with Crippen molar-refractivity contribution in [2.24, 2.45) is 17.8 Å². The van der Waals surface area contributed by atoms with Gasteiger partial charge in [-0.2, -0.15) is 0 Å². The minimum atomic E-state index is -0.445. The molecule has 0 bridgehead atoms. The number of nitrogens with zero attached hydrogens (tertiary/aromatic N) is 1. The molecule has 38 heavy (non-hydrogen) atoms. The van der Waals surface area contributed by atoms with E-state index in [9.17, 15) is 9.59 Å². The van der Waals surface area contributed by atoms with Crippen molar-refractivity contribution in [3.05, 3.63) is 70.5 Å². The van der Waals surface area contributed by atoms with Gasteiger partial charge in [0.15, 0.2) is 23.0 Å². The molecule has 1 fully saturated rings. The lowest BCUT2D eigenvalue weighted by molar-refractivity contribution is -0.138. The number of methoxy groups -OCH3 is 2. The summed E-state index contributed by atoms with van der Waals surface area (Å²) in [7, 11) is 3.23. The molecule has 1 saturated carbocycles. The minimum absolute atomic E-state index is 0.0922. The molecule has 2 aliphatic heterocycles. The highest BCUT2D eigenvalue weighted by molar-refractivity contribution is 6.11. The highest BCUT2D eigenvalue weighted by atomic mass is 16.5. The van der Waals surface area contributed by atoms with Crippen LogP contribution in [0.4, 0.5) is 0 Å². The molecule has 202 valence electrons. The lowest BCUT2D eigenvalue weighted by atomic mass is 9.70. The number of ketones is 1. The van der Waals surface area contributed by atoms with Gasteiger partial charge in [-0.25, -0.2) is 0 Å². The predicted molar refractivity (Wildman–Crippen MR) is 146 cm³/mol. The first-order chi connectivity index (χ1) is 18.2. The van der Waals surface area contributed by atoms with E-state index in [-0.39, 0.29) is 35.4 Å². The zero-order valence-corrected chi connectivity index (χ0v) is 23.3. The maximum absolute atomic E-state index is 14.1. The van der Waals surface area contributed by atoms with Crippen molar-refractivity contribution in [1.29, 1.82) is 0 Å². The number of hydrogen-bond acceptors (Lipinski definition) is 5. The molecular weight excluding hydrogens is 478 g/mol. The van der Waals surface area contributed by atoms with E-state index in [1.807, 2.05) is 23.1 Å². The molecule has 6 nitrogen and oxygen atoms in total. The van der Waals surface area contributed by atoms with Gasteiger partial charge >= 0.3 is 0 Å². The molecule has 1 aliphatic carbocycles. The van der Waals surface area contributed by atoms with Crippen LogP contribution in [0.25, 0.3) is 0 Å². The Labute approximate surface area is 226 Å². The van der Waals surface area contributed by atoms with E-state index in [0.717, 1.165) is 24.0 Å². The average molecular weight is 518 g/mol. The first-order valence-corrected chi connectivity index (χ1v) is 13.8. The third-order valence-corrected chi connectivity index (χ3v) is 8.54. The summed E-state index contributed by atoms with van der Waals surface area (Å²) in [6.07, 6.45) is 2.20. The van der Waals surface area contributed by atoms with Gasteiger partial charge in [0.2, 0.25) is 0 Å². The third-order valence-electron chi connectivity index (χ3n) is 8.54. The normalized spacial score (nSPS) is 26.8. The number of rotatable bonds is 7. The largest absolute Gasteiger partial charge is 0.493 e. The maximum atomic E-state index is 14.1. The van der Waals surface area contributed by atoms with E-state index >= 15 is 0 Å². The lowest BCUT2D eigenvalue weighted by Crippen LogP contribution is -2.45. The Kier molecular flexibility index (Phi) is 7.26. The molecule has 0 aromatic heterocycles. The van der Waals surface area contributed by atoms with Crippen LogP contribution in [0.5, 0.6) is 11.5 Å². The monoisotopic (exact) mass is 517 g/mol. The van der Waals surface area contributed by atoms with Crippen molar-refractivity contribution in [3.63, 3.8) is 0 Å². The van der Waals surface area contributed by atoms with Crippen LogP contribution in [-0.2, 0) is 20.7 Å². The van der Waals surface area contributed by atoms with Crippen LogP contribution >= 0.6 is 0 Å². The van der Waals surface area contributed by atoms with Gasteiger partial charge in [-0.05, 0) is 65.8 Å². The summed E-state index contributed by atoms with van der Waals surface area (Å²) in [4.78, 5) is 29.8. The predicted octanol–water partition coefficient (Wildman–Crippen LogP) is 5.86. The Morgan fingerprint density at radius 3 is 2.34 bits per heavy atom. The summed E-state index contributed by atoms with van der Waals surface area (Å²) in [5.41, 5.74) is 3.75. The van der Waals surface area contributed by atoms with Gasteiger partial charge in [-0.15, -0.1) is 0 Å². The van der Waals surface area contributed by atoms with E-state index in [2.05, 4.69) is 52.0 Å². The van der Waals surface area contributed by atoms with Crippen molar-refractivity contribution in [2.45, 2.75) is 65.0 Å². The summed E-state index contributed by atoms with van der Waals surface area (Å²) in [6, 6.07) is 13.7. The molecule has 0 spiro atoms. The van der Waals surface area contributed by atoms with E-state index in [1.54, 1.807) is 14.2 Å². The number of ether oxygens (including phenoxy) is 3. The van der Waals surface area contributed by atoms with Crippen molar-refractivity contribution >= 4 is 11.7 Å². The smallest absolute Gasteiger partial charge is 0.290 e. The fraction of sp³-hybridized carbons (Fsp3) is 0.500. The number of carbonyl (C=O) groups is 2. The van der Waals surface area contributed by atoms with Crippen molar-refractivity contribution < 1.29 is 23.8 Å². The SMILES string of the molecule is COc1ccc(CCN2C(=O)C3=C(C(=O)C4CC(C)CC(C)C4O3)C2c2ccc(C(C)C)cc2)cc1OC. The second-order valence-electron chi connectivity index (χ2n) is 11.5. The number of carbonyl (C=O) groups excluding carboxylic acids is 2. The molecule has 6 heteroatoms. The Balaban J connectivity index is 1.50. The Morgan fingerprint density at radius 1 is 0.974 bits per heavy atom. The Morgan fingerprint density at radius 2 is 1.68 bits per heavy atom. The second kappa shape index (κ2) is 10.5. The van der Waals surface area contributed by atoms with E-state index in [1.165, 1.54) is 5.56 Å². The summed E-state index contributed by atoms with van der Waals surface area (Å²) in [6.45, 7) is 9.13. The number of amides is 1. The standard InChI is InChI=1S/C32H39NO5/c1-18(2)22-8-10-23(11-9-22)28-27-29(34)24-16-19(3)15-20(4)30(24)38-31(27)32(35)33(28)14-13-21-7-12-25(36-5)26(17-21)37-6/h7-12,17-20,24,28,30H,13-16H2,1-6H3. The summed E-state index contributed by atoms with van der Waals surface area (Å²) in [5, 5.41) is 0. The van der Waals surface area contributed by atoms with E-state index in [4.69, 9.17) is 14.2 Å². The van der Waals surface area contributed by atoms with Gasteiger partial charge in [0.25, 0.3) is 5.91 Å². The molecule has 0 N–H and O–H groups in total. The van der Waals surface area contributed by atoms with Crippen molar-refractivity contribution in [1.82, 2.24) is 4.90 Å². The molecule has 2 aromatic rings. The lowest BCUT2D eigenvalue weighted by Gasteiger charge is -2.41. The highest BCUT2D eigenvalue weighted by Gasteiger charge is 2.53. The number of hydrogen-bond donors (Lipinski definition) is 0. The van der Waals surface area contributed by atoms with Crippen LogP contribution < -0.4 is 9.47 Å². The molecule has 1 amide bonds. The molecule has 2 aromatic carbocycles. The molecule has 5 unspecified atom stereocenters. The Bertz CT molecular complexity index is 1250. The molecule has 2 heterocycles. The van der Waals surface area contributed by atoms with Crippen LogP contribution in [0.3, 0.4) is 0 Å². The fourth-order valence-electron chi connectivity index (χ4n) is 6.55. The summed E-state index contributed by atoms with van der Waals surface area (Å²) in [5.74, 6) is 2.40. The van der Waals surface area contributed by atoms with E-state index in [0.29, 0.717) is 41.9 Å². The maximum Gasteiger partial charge on any atom is 0.290 e. The number of benzene rings is 2. The quantitative estimate of drug-likeness (QED) is 0.461. The average Bonchev–Trinajstić information content (AvgIpc) is 3.19. The van der Waals surface area contributed by atoms with Gasteiger partial charge in [0.05, 0.1) is 31.8 Å². The van der Waals surface area contributed by atoms with Crippen LogP contribution in [0.1, 0.15) is 69.2 Å². The van der Waals surface area contributed by atoms with Gasteiger partial charge in [0.1, 0.15) is 6.10 Å². The van der Waals surface area contributed by atoms with Crippen LogP contribution in [0.15, 0.2) is 53.8 Å². The molecule has 3 aliphatic rings. The molecule has 0 radical (unpaired) electrons. The van der Waals surface area contributed by atoms with Crippen LogP contribution in [0, 0.1) is 17.8 Å². The number of fused-ring (bicyclic) bond motifs is 1. The second-order valence-corrected chi connectivity index (χ2v) is 11.5. The highest BCUT2D eigenvalue weighted by Crippen LogP contribution is 2.49. The first-order valence-electron chi connectivity index (χ1n) is 13.8. The van der Waals surface area contributed by atoms with Gasteiger partial charge in [-0.1, -0.05) is 58.0 Å². The molecule has 5 rings (SSSR count). The third kappa shape index (κ3) is 4.59. The zero-order chi connectivity index (χ0) is 27.1. The number of Topliss-reactive ketones (excluding diaryl/α,β-unsaturated/α-hetero) is 1. The molecule has 0 saturated heterocycles. The van der Waals surface area contributed by atoms with Gasteiger partial charge in [0, 0.05) is 6.54 Å². The van der Waals surface area contributed by atoms with Crippen LogP contribution in [-0.4, -0.2) is 43.5 Å². The topological polar surface area (TPSA) is 65.1 Å². The molecule has 5 atom stereocenters. The summed E-state index contributed by atoms with van der Waals surface area (Å²) < 4.78 is 17.3. The van der Waals surface area contributed by atoms with Gasteiger partial charge < -0.3 is 19.1 Å². The molecular formula is C32H39NO5. The summed E-state index contributed by atoms with van der Waals surface area (Å²) >= 11 is 0. The minimum Gasteiger partial charge on any atom is -0.493 e. The van der Waals surface area contributed by atoms with Gasteiger partial charge in [-0.3, -0.25) is 9.59 Å². The fourth-order valence-corrected chi connectivity index (χ4v) is 6.55. The Hall–Kier alpha value is -3.28. The van der Waals surface area contributed by atoms with E-state index < -0.39 is 6.04 Å². The zero-order valence-electron chi connectivity index (χ0n) is 23.3.